The maximum Gasteiger partial charge on any atom is 0.255 e. The molecule has 1 amide bonds. The van der Waals surface area contributed by atoms with Crippen LogP contribution in [0.5, 0.6) is 11.6 Å². The lowest BCUT2D eigenvalue weighted by Crippen LogP contribution is -2.36. The summed E-state index contributed by atoms with van der Waals surface area (Å²) < 4.78 is 11.7. The second-order valence-corrected chi connectivity index (χ2v) is 9.45. The summed E-state index contributed by atoms with van der Waals surface area (Å²) in [6, 6.07) is 16.5. The van der Waals surface area contributed by atoms with E-state index in [0.29, 0.717) is 29.4 Å². The van der Waals surface area contributed by atoms with Crippen molar-refractivity contribution in [2.24, 2.45) is 0 Å². The highest BCUT2D eigenvalue weighted by atomic mass is 32.1. The number of morpholine rings is 1. The lowest BCUT2D eigenvalue weighted by molar-refractivity contribution is 0.0330. The third-order valence-corrected chi connectivity index (χ3v) is 6.97. The van der Waals surface area contributed by atoms with Gasteiger partial charge in [-0.3, -0.25) is 9.69 Å². The van der Waals surface area contributed by atoms with Crippen LogP contribution in [0.25, 0.3) is 10.2 Å². The topological polar surface area (TPSA) is 76.6 Å². The van der Waals surface area contributed by atoms with Gasteiger partial charge in [-0.1, -0.05) is 18.2 Å². The van der Waals surface area contributed by atoms with E-state index in [1.54, 1.807) is 23.5 Å². The van der Waals surface area contributed by atoms with Crippen molar-refractivity contribution in [1.82, 2.24) is 14.9 Å². The molecule has 0 aliphatic carbocycles. The quantitative estimate of drug-likeness (QED) is 0.415. The minimum absolute atomic E-state index is 0.149. The highest BCUT2D eigenvalue weighted by Gasteiger charge is 2.19. The SMILES string of the molecule is Cc1sc2nc(CN3CCOCC3)nc(Oc3ccc(NC(=O)c4ccccc4)cc3)c2c1C. The van der Waals surface area contributed by atoms with Crippen molar-refractivity contribution >= 4 is 33.1 Å². The molecule has 0 spiro atoms. The summed E-state index contributed by atoms with van der Waals surface area (Å²) >= 11 is 1.67. The van der Waals surface area contributed by atoms with E-state index in [1.807, 2.05) is 42.5 Å². The Morgan fingerprint density at radius 3 is 2.53 bits per heavy atom. The van der Waals surface area contributed by atoms with E-state index in [4.69, 9.17) is 19.4 Å². The molecule has 4 aromatic rings. The first kappa shape index (κ1) is 22.5. The predicted molar refractivity (Wildman–Crippen MR) is 134 cm³/mol. The van der Waals surface area contributed by atoms with Crippen LogP contribution in [0.1, 0.15) is 26.6 Å². The van der Waals surface area contributed by atoms with Crippen molar-refractivity contribution in [2.75, 3.05) is 31.6 Å². The number of fused-ring (bicyclic) bond motifs is 1. The van der Waals surface area contributed by atoms with Crippen molar-refractivity contribution in [3.8, 4) is 11.6 Å². The van der Waals surface area contributed by atoms with Crippen LogP contribution in [-0.4, -0.2) is 47.1 Å². The smallest absolute Gasteiger partial charge is 0.255 e. The van der Waals surface area contributed by atoms with E-state index in [9.17, 15) is 4.79 Å². The van der Waals surface area contributed by atoms with Crippen LogP contribution in [0.15, 0.2) is 54.6 Å². The molecule has 1 fully saturated rings. The van der Waals surface area contributed by atoms with Gasteiger partial charge in [-0.05, 0) is 55.8 Å². The van der Waals surface area contributed by atoms with E-state index in [2.05, 4.69) is 24.1 Å². The Kier molecular flexibility index (Phi) is 6.53. The normalized spacial score (nSPS) is 14.3. The summed E-state index contributed by atoms with van der Waals surface area (Å²) in [4.78, 5) is 26.5. The molecule has 0 radical (unpaired) electrons. The van der Waals surface area contributed by atoms with Gasteiger partial charge in [-0.2, -0.15) is 4.98 Å². The molecule has 7 nitrogen and oxygen atoms in total. The Morgan fingerprint density at radius 2 is 1.79 bits per heavy atom. The molecule has 8 heteroatoms. The molecular formula is C26H26N4O3S. The van der Waals surface area contributed by atoms with Crippen LogP contribution in [0, 0.1) is 13.8 Å². The number of benzene rings is 2. The summed E-state index contributed by atoms with van der Waals surface area (Å²) in [5.74, 6) is 1.82. The van der Waals surface area contributed by atoms with E-state index >= 15 is 0 Å². The molecule has 3 heterocycles. The van der Waals surface area contributed by atoms with E-state index in [-0.39, 0.29) is 5.91 Å². The van der Waals surface area contributed by atoms with E-state index in [1.165, 1.54) is 4.88 Å². The number of aryl methyl sites for hydroxylation is 2. The molecule has 34 heavy (non-hydrogen) atoms. The summed E-state index contributed by atoms with van der Waals surface area (Å²) in [6.07, 6.45) is 0. The third-order valence-electron chi connectivity index (χ3n) is 5.87. The Bertz CT molecular complexity index is 1300. The molecule has 5 rings (SSSR count). The number of amides is 1. The first-order valence-corrected chi connectivity index (χ1v) is 12.1. The van der Waals surface area contributed by atoms with Crippen molar-refractivity contribution in [3.63, 3.8) is 0 Å². The number of thiophene rings is 1. The molecule has 174 valence electrons. The van der Waals surface area contributed by atoms with Crippen molar-refractivity contribution in [3.05, 3.63) is 76.4 Å². The van der Waals surface area contributed by atoms with Crippen LogP contribution >= 0.6 is 11.3 Å². The zero-order valence-electron chi connectivity index (χ0n) is 19.2. The molecule has 0 atom stereocenters. The minimum Gasteiger partial charge on any atom is -0.438 e. The number of aromatic nitrogens is 2. The van der Waals surface area contributed by atoms with Crippen molar-refractivity contribution < 1.29 is 14.3 Å². The Morgan fingerprint density at radius 1 is 1.06 bits per heavy atom. The zero-order valence-corrected chi connectivity index (χ0v) is 20.0. The maximum absolute atomic E-state index is 12.4. The molecule has 1 aliphatic rings. The van der Waals surface area contributed by atoms with Gasteiger partial charge in [0, 0.05) is 29.2 Å². The number of carbonyl (C=O) groups excluding carboxylic acids is 1. The fourth-order valence-electron chi connectivity index (χ4n) is 3.87. The number of ether oxygens (including phenoxy) is 2. The highest BCUT2D eigenvalue weighted by Crippen LogP contribution is 2.36. The minimum atomic E-state index is -0.149. The Labute approximate surface area is 202 Å². The Balaban J connectivity index is 1.37. The second kappa shape index (κ2) is 9.89. The summed E-state index contributed by atoms with van der Waals surface area (Å²) in [5, 5.41) is 3.87. The van der Waals surface area contributed by atoms with Crippen molar-refractivity contribution in [1.29, 1.82) is 0 Å². The average Bonchev–Trinajstić information content (AvgIpc) is 3.14. The van der Waals surface area contributed by atoms with E-state index in [0.717, 1.165) is 47.9 Å². The van der Waals surface area contributed by atoms with Gasteiger partial charge in [-0.25, -0.2) is 4.98 Å². The van der Waals surface area contributed by atoms with E-state index < -0.39 is 0 Å². The largest absolute Gasteiger partial charge is 0.438 e. The molecule has 1 N–H and O–H groups in total. The highest BCUT2D eigenvalue weighted by molar-refractivity contribution is 7.18. The van der Waals surface area contributed by atoms with Gasteiger partial charge < -0.3 is 14.8 Å². The molecule has 0 unspecified atom stereocenters. The fraction of sp³-hybridized carbons (Fsp3) is 0.269. The fourth-order valence-corrected chi connectivity index (χ4v) is 4.91. The van der Waals surface area contributed by atoms with Gasteiger partial charge >= 0.3 is 0 Å². The number of nitrogens with zero attached hydrogens (tertiary/aromatic N) is 3. The molecule has 0 saturated carbocycles. The molecular weight excluding hydrogens is 448 g/mol. The van der Waals surface area contributed by atoms with Gasteiger partial charge in [0.15, 0.2) is 0 Å². The summed E-state index contributed by atoms with van der Waals surface area (Å²) in [6.45, 7) is 8.04. The first-order chi connectivity index (χ1) is 16.6. The maximum atomic E-state index is 12.4. The lowest BCUT2D eigenvalue weighted by atomic mass is 10.2. The van der Waals surface area contributed by atoms with Crippen LogP contribution in [0.4, 0.5) is 5.69 Å². The number of carbonyl (C=O) groups is 1. The zero-order chi connectivity index (χ0) is 23.5. The summed E-state index contributed by atoms with van der Waals surface area (Å²) in [5.41, 5.74) is 2.45. The molecule has 2 aromatic carbocycles. The number of hydrogen-bond acceptors (Lipinski definition) is 7. The van der Waals surface area contributed by atoms with Crippen LogP contribution in [-0.2, 0) is 11.3 Å². The predicted octanol–water partition coefficient (Wildman–Crippen LogP) is 5.18. The van der Waals surface area contributed by atoms with Gasteiger partial charge in [0.2, 0.25) is 5.88 Å². The van der Waals surface area contributed by atoms with Crippen LogP contribution in [0.3, 0.4) is 0 Å². The van der Waals surface area contributed by atoms with Gasteiger partial charge in [0.05, 0.1) is 25.1 Å². The average molecular weight is 475 g/mol. The Hall–Kier alpha value is -3.33. The monoisotopic (exact) mass is 474 g/mol. The number of nitrogens with one attached hydrogen (secondary N) is 1. The number of hydrogen-bond donors (Lipinski definition) is 1. The van der Waals surface area contributed by atoms with Gasteiger partial charge in [0.1, 0.15) is 16.4 Å². The second-order valence-electron chi connectivity index (χ2n) is 8.24. The van der Waals surface area contributed by atoms with Gasteiger partial charge in [0.25, 0.3) is 5.91 Å². The molecule has 2 aromatic heterocycles. The standard InChI is InChI=1S/C26H26N4O3S/c1-17-18(2)34-26-23(17)25(28-22(29-26)16-30-12-14-32-15-13-30)33-21-10-8-20(9-11-21)27-24(31)19-6-4-3-5-7-19/h3-11H,12-16H2,1-2H3,(H,27,31). The number of anilines is 1. The van der Waals surface area contributed by atoms with Gasteiger partial charge in [-0.15, -0.1) is 11.3 Å². The van der Waals surface area contributed by atoms with Crippen LogP contribution in [0.2, 0.25) is 0 Å². The first-order valence-electron chi connectivity index (χ1n) is 11.3. The molecule has 1 saturated heterocycles. The van der Waals surface area contributed by atoms with Crippen molar-refractivity contribution in [2.45, 2.75) is 20.4 Å². The lowest BCUT2D eigenvalue weighted by Gasteiger charge is -2.25. The molecule has 1 aliphatic heterocycles. The third kappa shape index (κ3) is 4.94. The molecule has 0 bridgehead atoms. The van der Waals surface area contributed by atoms with Crippen LogP contribution < -0.4 is 10.1 Å². The summed E-state index contributed by atoms with van der Waals surface area (Å²) in [7, 11) is 0. The number of rotatable bonds is 6.